The van der Waals surface area contributed by atoms with Crippen LogP contribution in [0.1, 0.15) is 26.3 Å². The summed E-state index contributed by atoms with van der Waals surface area (Å²) < 4.78 is 27.5. The van der Waals surface area contributed by atoms with Crippen molar-refractivity contribution >= 4 is 33.4 Å². The molecule has 0 atom stereocenters. The molecule has 2 aromatic rings. The van der Waals surface area contributed by atoms with Crippen molar-refractivity contribution < 1.29 is 22.8 Å². The van der Waals surface area contributed by atoms with Crippen LogP contribution in [0.3, 0.4) is 0 Å². The van der Waals surface area contributed by atoms with Crippen molar-refractivity contribution in [2.75, 3.05) is 25.0 Å². The lowest BCUT2D eigenvalue weighted by Gasteiger charge is -2.15. The summed E-state index contributed by atoms with van der Waals surface area (Å²) >= 11 is 0. The summed E-state index contributed by atoms with van der Waals surface area (Å²) in [6.07, 6.45) is 0.157. The molecule has 8 nitrogen and oxygen atoms in total. The number of sulfonamides is 1. The number of benzene rings is 2. The van der Waals surface area contributed by atoms with Crippen LogP contribution < -0.4 is 9.62 Å². The minimum atomic E-state index is -3.84. The van der Waals surface area contributed by atoms with Crippen molar-refractivity contribution in [1.82, 2.24) is 9.62 Å². The second-order valence-corrected chi connectivity index (χ2v) is 8.39. The number of amides is 3. The molecule has 2 aliphatic heterocycles. The van der Waals surface area contributed by atoms with Gasteiger partial charge in [-0.25, -0.2) is 13.1 Å². The summed E-state index contributed by atoms with van der Waals surface area (Å²) in [5.41, 5.74) is 1.98. The van der Waals surface area contributed by atoms with Gasteiger partial charge in [0.1, 0.15) is 0 Å². The van der Waals surface area contributed by atoms with Crippen LogP contribution in [0.15, 0.2) is 47.4 Å². The monoisotopic (exact) mass is 399 g/mol. The predicted octanol–water partition coefficient (Wildman–Crippen LogP) is 0.780. The third-order valence-corrected chi connectivity index (χ3v) is 6.40. The summed E-state index contributed by atoms with van der Waals surface area (Å²) in [6.45, 7) is -0.179. The van der Waals surface area contributed by atoms with Crippen LogP contribution in [0.25, 0.3) is 0 Å². The van der Waals surface area contributed by atoms with Gasteiger partial charge in [0.2, 0.25) is 15.9 Å². The smallest absolute Gasteiger partial charge is 0.261 e. The normalized spacial score (nSPS) is 16.0. The predicted molar refractivity (Wildman–Crippen MR) is 101 cm³/mol. The lowest BCUT2D eigenvalue weighted by atomic mass is 10.1. The van der Waals surface area contributed by atoms with Gasteiger partial charge < -0.3 is 4.90 Å². The molecular formula is C19H17N3O5S. The zero-order valence-corrected chi connectivity index (χ0v) is 15.8. The van der Waals surface area contributed by atoms with E-state index in [2.05, 4.69) is 4.72 Å². The zero-order valence-electron chi connectivity index (χ0n) is 15.0. The molecule has 0 aliphatic carbocycles. The van der Waals surface area contributed by atoms with Gasteiger partial charge in [0.25, 0.3) is 11.8 Å². The highest BCUT2D eigenvalue weighted by atomic mass is 32.2. The molecule has 4 rings (SSSR count). The van der Waals surface area contributed by atoms with Crippen LogP contribution in [0, 0.1) is 0 Å². The Hall–Kier alpha value is -3.04. The van der Waals surface area contributed by atoms with Crippen LogP contribution in [-0.4, -0.2) is 51.2 Å². The summed E-state index contributed by atoms with van der Waals surface area (Å²) in [7, 11) is -2.20. The Morgan fingerprint density at radius 3 is 2.29 bits per heavy atom. The number of anilines is 1. The van der Waals surface area contributed by atoms with E-state index in [-0.39, 0.29) is 30.3 Å². The number of carbonyl (C=O) groups is 3. The number of imide groups is 1. The quantitative estimate of drug-likeness (QED) is 0.749. The number of carbonyl (C=O) groups excluding carboxylic acids is 3. The fraction of sp³-hybridized carbons (Fsp3) is 0.211. The average Bonchev–Trinajstić information content (AvgIpc) is 3.10. The first-order valence-electron chi connectivity index (χ1n) is 8.64. The SMILES string of the molecule is CN1C(=O)Cc2cc(S(=O)(=O)NCCN3C(=O)c4ccccc4C3=O)ccc21. The fourth-order valence-corrected chi connectivity index (χ4v) is 4.50. The summed E-state index contributed by atoms with van der Waals surface area (Å²) in [4.78, 5) is 38.9. The standard InChI is InChI=1S/C19H17N3O5S/c1-21-16-7-6-13(10-12(16)11-17(21)23)28(26,27)20-8-9-22-18(24)14-4-2-3-5-15(14)19(22)25/h2-7,10,20H,8-9,11H2,1H3. The highest BCUT2D eigenvalue weighted by Crippen LogP contribution is 2.29. The van der Waals surface area contributed by atoms with Gasteiger partial charge in [0, 0.05) is 25.8 Å². The summed E-state index contributed by atoms with van der Waals surface area (Å²) in [5, 5.41) is 0. The first-order chi connectivity index (χ1) is 13.3. The Balaban J connectivity index is 1.45. The third-order valence-electron chi connectivity index (χ3n) is 4.94. The molecule has 0 aromatic heterocycles. The fourth-order valence-electron chi connectivity index (χ4n) is 3.43. The molecule has 1 N–H and O–H groups in total. The van der Waals surface area contributed by atoms with E-state index in [1.54, 1.807) is 37.4 Å². The van der Waals surface area contributed by atoms with Crippen molar-refractivity contribution in [3.05, 3.63) is 59.2 Å². The molecule has 0 fully saturated rings. The molecule has 0 bridgehead atoms. The van der Waals surface area contributed by atoms with Crippen molar-refractivity contribution in [2.24, 2.45) is 0 Å². The molecule has 2 aliphatic rings. The lowest BCUT2D eigenvalue weighted by molar-refractivity contribution is -0.117. The van der Waals surface area contributed by atoms with Crippen molar-refractivity contribution in [1.29, 1.82) is 0 Å². The Morgan fingerprint density at radius 1 is 1.00 bits per heavy atom. The molecule has 0 saturated heterocycles. The highest BCUT2D eigenvalue weighted by molar-refractivity contribution is 7.89. The van der Waals surface area contributed by atoms with Gasteiger partial charge in [-0.1, -0.05) is 12.1 Å². The molecule has 0 radical (unpaired) electrons. The summed E-state index contributed by atoms with van der Waals surface area (Å²) in [5.74, 6) is -0.958. The number of nitrogens with zero attached hydrogens (tertiary/aromatic N) is 2. The van der Waals surface area contributed by atoms with E-state index in [9.17, 15) is 22.8 Å². The first-order valence-corrected chi connectivity index (χ1v) is 10.1. The van der Waals surface area contributed by atoms with Crippen molar-refractivity contribution in [2.45, 2.75) is 11.3 Å². The topological polar surface area (TPSA) is 104 Å². The van der Waals surface area contributed by atoms with Crippen LogP contribution >= 0.6 is 0 Å². The van der Waals surface area contributed by atoms with E-state index < -0.39 is 21.8 Å². The van der Waals surface area contributed by atoms with E-state index >= 15 is 0 Å². The molecular weight excluding hydrogens is 382 g/mol. The Bertz CT molecular complexity index is 1090. The largest absolute Gasteiger partial charge is 0.315 e. The molecule has 2 heterocycles. The minimum Gasteiger partial charge on any atom is -0.315 e. The zero-order chi connectivity index (χ0) is 20.1. The van der Waals surface area contributed by atoms with Crippen LogP contribution in [0.5, 0.6) is 0 Å². The maximum absolute atomic E-state index is 12.6. The van der Waals surface area contributed by atoms with Crippen LogP contribution in [-0.2, 0) is 21.2 Å². The minimum absolute atomic E-state index is 0.0386. The molecule has 0 spiro atoms. The van der Waals surface area contributed by atoms with Gasteiger partial charge in [0.15, 0.2) is 0 Å². The average molecular weight is 399 g/mol. The first kappa shape index (κ1) is 18.3. The molecule has 0 saturated carbocycles. The van der Waals surface area contributed by atoms with Gasteiger partial charge >= 0.3 is 0 Å². The number of likely N-dealkylation sites (N-methyl/N-ethyl adjacent to an activating group) is 1. The van der Waals surface area contributed by atoms with Gasteiger partial charge in [-0.05, 0) is 35.9 Å². The van der Waals surface area contributed by atoms with E-state index in [1.807, 2.05) is 0 Å². The van der Waals surface area contributed by atoms with Crippen molar-refractivity contribution in [3.63, 3.8) is 0 Å². The number of fused-ring (bicyclic) bond motifs is 2. The number of hydrogen-bond donors (Lipinski definition) is 1. The second kappa shape index (κ2) is 6.54. The van der Waals surface area contributed by atoms with E-state index in [4.69, 9.17) is 0 Å². The van der Waals surface area contributed by atoms with E-state index in [1.165, 1.54) is 17.0 Å². The third kappa shape index (κ3) is 2.88. The Kier molecular flexibility index (Phi) is 4.28. The second-order valence-electron chi connectivity index (χ2n) is 6.63. The highest BCUT2D eigenvalue weighted by Gasteiger charge is 2.35. The van der Waals surface area contributed by atoms with Gasteiger partial charge in [-0.15, -0.1) is 0 Å². The molecule has 0 unspecified atom stereocenters. The van der Waals surface area contributed by atoms with E-state index in [0.29, 0.717) is 22.4 Å². The van der Waals surface area contributed by atoms with E-state index in [0.717, 1.165) is 4.90 Å². The Labute approximate surface area is 161 Å². The molecule has 3 amide bonds. The van der Waals surface area contributed by atoms with Crippen LogP contribution in [0.4, 0.5) is 5.69 Å². The lowest BCUT2D eigenvalue weighted by Crippen LogP contribution is -2.38. The van der Waals surface area contributed by atoms with Gasteiger partial charge in [-0.3, -0.25) is 19.3 Å². The molecule has 28 heavy (non-hydrogen) atoms. The maximum atomic E-state index is 12.6. The number of rotatable bonds is 5. The van der Waals surface area contributed by atoms with Crippen LogP contribution in [0.2, 0.25) is 0 Å². The maximum Gasteiger partial charge on any atom is 0.261 e. The Morgan fingerprint density at radius 2 is 1.64 bits per heavy atom. The molecule has 144 valence electrons. The number of nitrogens with one attached hydrogen (secondary N) is 1. The molecule has 2 aromatic carbocycles. The van der Waals surface area contributed by atoms with Crippen molar-refractivity contribution in [3.8, 4) is 0 Å². The summed E-state index contributed by atoms with van der Waals surface area (Å²) in [6, 6.07) is 11.0. The number of hydrogen-bond acceptors (Lipinski definition) is 5. The molecule has 9 heteroatoms. The van der Waals surface area contributed by atoms with Gasteiger partial charge in [-0.2, -0.15) is 0 Å². The van der Waals surface area contributed by atoms with Gasteiger partial charge in [0.05, 0.1) is 22.4 Å².